The fourth-order valence-electron chi connectivity index (χ4n) is 2.61. The van der Waals surface area contributed by atoms with Crippen molar-refractivity contribution in [2.45, 2.75) is 13.1 Å². The number of aryl methyl sites for hydroxylation is 1. The van der Waals surface area contributed by atoms with Crippen molar-refractivity contribution in [2.75, 3.05) is 12.4 Å². The minimum Gasteiger partial charge on any atom is -0.493 e. The third-order valence-corrected chi connectivity index (χ3v) is 3.70. The van der Waals surface area contributed by atoms with E-state index >= 15 is 0 Å². The van der Waals surface area contributed by atoms with Gasteiger partial charge in [-0.25, -0.2) is 4.98 Å². The van der Waals surface area contributed by atoms with Gasteiger partial charge in [0.05, 0.1) is 24.1 Å². The summed E-state index contributed by atoms with van der Waals surface area (Å²) >= 11 is 0. The number of nitrogens with zero attached hydrogens (tertiary/aromatic N) is 2. The number of carbonyl (C=O) groups excluding carboxylic acids is 1. The van der Waals surface area contributed by atoms with Crippen molar-refractivity contribution < 1.29 is 22.7 Å². The summed E-state index contributed by atoms with van der Waals surface area (Å²) in [5.74, 6) is -0.227. The van der Waals surface area contributed by atoms with E-state index in [1.807, 2.05) is 0 Å². The van der Waals surface area contributed by atoms with Crippen LogP contribution in [0.15, 0.2) is 42.6 Å². The van der Waals surface area contributed by atoms with Crippen LogP contribution < -0.4 is 10.1 Å². The number of amides is 1. The minimum atomic E-state index is -4.57. The van der Waals surface area contributed by atoms with Crippen LogP contribution in [0.5, 0.6) is 5.75 Å². The maximum Gasteiger partial charge on any atom is 0.418 e. The molecule has 0 aliphatic rings. The SMILES string of the molecule is COc1cccn2c(C(=O)Nc3ccccc3C(F)(F)F)c(C)nc12. The molecule has 3 aromatic rings. The normalized spacial score (nSPS) is 11.6. The summed E-state index contributed by atoms with van der Waals surface area (Å²) in [4.78, 5) is 16.9. The molecule has 25 heavy (non-hydrogen) atoms. The molecule has 0 aliphatic heterocycles. The zero-order chi connectivity index (χ0) is 18.2. The number of methoxy groups -OCH3 is 1. The molecule has 2 aromatic heterocycles. The van der Waals surface area contributed by atoms with E-state index in [-0.39, 0.29) is 11.4 Å². The Kier molecular flexibility index (Phi) is 4.12. The quantitative estimate of drug-likeness (QED) is 0.780. The van der Waals surface area contributed by atoms with Gasteiger partial charge in [0.1, 0.15) is 5.69 Å². The number of carbonyl (C=O) groups is 1. The second kappa shape index (κ2) is 6.12. The smallest absolute Gasteiger partial charge is 0.418 e. The molecule has 1 aromatic carbocycles. The summed E-state index contributed by atoms with van der Waals surface area (Å²) in [6.07, 6.45) is -2.97. The van der Waals surface area contributed by atoms with Crippen LogP contribution >= 0.6 is 0 Å². The van der Waals surface area contributed by atoms with Crippen LogP contribution in [0.4, 0.5) is 18.9 Å². The van der Waals surface area contributed by atoms with Crippen molar-refractivity contribution in [1.82, 2.24) is 9.38 Å². The van der Waals surface area contributed by atoms with Crippen molar-refractivity contribution in [3.8, 4) is 5.75 Å². The molecule has 0 saturated heterocycles. The molecule has 0 bridgehead atoms. The number of hydrogen-bond donors (Lipinski definition) is 1. The molecule has 0 fully saturated rings. The van der Waals surface area contributed by atoms with Crippen molar-refractivity contribution in [3.05, 3.63) is 59.5 Å². The summed E-state index contributed by atoms with van der Waals surface area (Å²) in [6.45, 7) is 1.61. The minimum absolute atomic E-state index is 0.144. The van der Waals surface area contributed by atoms with Gasteiger partial charge in [0.15, 0.2) is 11.4 Å². The van der Waals surface area contributed by atoms with Gasteiger partial charge in [-0.2, -0.15) is 13.2 Å². The molecule has 0 spiro atoms. The number of halogens is 3. The van der Waals surface area contributed by atoms with Gasteiger partial charge in [0.25, 0.3) is 5.91 Å². The fraction of sp³-hybridized carbons (Fsp3) is 0.176. The Bertz CT molecular complexity index is 948. The predicted molar refractivity (Wildman–Crippen MR) is 85.9 cm³/mol. The number of rotatable bonds is 3. The number of pyridine rings is 1. The van der Waals surface area contributed by atoms with Crippen LogP contribution in [-0.2, 0) is 6.18 Å². The Morgan fingerprint density at radius 1 is 1.20 bits per heavy atom. The average molecular weight is 349 g/mol. The number of para-hydroxylation sites is 1. The number of ether oxygens (including phenoxy) is 1. The second-order valence-corrected chi connectivity index (χ2v) is 5.31. The van der Waals surface area contributed by atoms with Crippen LogP contribution in [0.1, 0.15) is 21.7 Å². The average Bonchev–Trinajstić information content (AvgIpc) is 2.90. The molecular formula is C17H14F3N3O2. The Morgan fingerprint density at radius 3 is 2.60 bits per heavy atom. The number of imidazole rings is 1. The van der Waals surface area contributed by atoms with Crippen molar-refractivity contribution in [1.29, 1.82) is 0 Å². The lowest BCUT2D eigenvalue weighted by atomic mass is 10.1. The van der Waals surface area contributed by atoms with E-state index < -0.39 is 17.6 Å². The van der Waals surface area contributed by atoms with Crippen LogP contribution in [0.2, 0.25) is 0 Å². The Hall–Kier alpha value is -3.03. The standard InChI is InChI=1S/C17H14F3N3O2/c1-10-14(23-9-5-8-13(25-2)15(23)21-10)16(24)22-12-7-4-3-6-11(12)17(18,19)20/h3-9H,1-2H3,(H,22,24). The van der Waals surface area contributed by atoms with Crippen LogP contribution in [-0.4, -0.2) is 22.4 Å². The number of nitrogens with one attached hydrogen (secondary N) is 1. The van der Waals surface area contributed by atoms with E-state index in [9.17, 15) is 18.0 Å². The van der Waals surface area contributed by atoms with Gasteiger partial charge in [-0.1, -0.05) is 12.1 Å². The molecule has 0 saturated carbocycles. The van der Waals surface area contributed by atoms with Crippen molar-refractivity contribution in [3.63, 3.8) is 0 Å². The van der Waals surface area contributed by atoms with E-state index in [1.54, 1.807) is 25.3 Å². The van der Waals surface area contributed by atoms with E-state index in [0.717, 1.165) is 6.07 Å². The summed E-state index contributed by atoms with van der Waals surface area (Å²) in [5, 5.41) is 2.33. The van der Waals surface area contributed by atoms with Crippen LogP contribution in [0.25, 0.3) is 5.65 Å². The molecule has 8 heteroatoms. The third kappa shape index (κ3) is 3.02. The Morgan fingerprint density at radius 2 is 1.92 bits per heavy atom. The molecule has 0 radical (unpaired) electrons. The molecule has 5 nitrogen and oxygen atoms in total. The zero-order valence-electron chi connectivity index (χ0n) is 13.4. The van der Waals surface area contributed by atoms with Crippen LogP contribution in [0.3, 0.4) is 0 Å². The highest BCUT2D eigenvalue weighted by Crippen LogP contribution is 2.35. The maximum atomic E-state index is 13.1. The first kappa shape index (κ1) is 16.8. The van der Waals surface area contributed by atoms with E-state index in [0.29, 0.717) is 17.1 Å². The molecule has 0 atom stereocenters. The highest BCUT2D eigenvalue weighted by atomic mass is 19.4. The highest BCUT2D eigenvalue weighted by molar-refractivity contribution is 6.05. The molecule has 3 rings (SSSR count). The summed E-state index contributed by atoms with van der Waals surface area (Å²) in [5.41, 5.74) is -0.279. The molecular weight excluding hydrogens is 335 g/mol. The number of fused-ring (bicyclic) bond motifs is 1. The van der Waals surface area contributed by atoms with Crippen molar-refractivity contribution in [2.24, 2.45) is 0 Å². The van der Waals surface area contributed by atoms with Crippen LogP contribution in [0, 0.1) is 6.92 Å². The molecule has 130 valence electrons. The fourth-order valence-corrected chi connectivity index (χ4v) is 2.61. The number of aromatic nitrogens is 2. The zero-order valence-corrected chi connectivity index (χ0v) is 13.4. The molecule has 1 amide bonds. The van der Waals surface area contributed by atoms with Gasteiger partial charge >= 0.3 is 6.18 Å². The Balaban J connectivity index is 2.04. The van der Waals surface area contributed by atoms with Gasteiger partial charge < -0.3 is 10.1 Å². The highest BCUT2D eigenvalue weighted by Gasteiger charge is 2.34. The predicted octanol–water partition coefficient (Wildman–Crippen LogP) is 3.92. The first-order valence-corrected chi connectivity index (χ1v) is 7.32. The lowest BCUT2D eigenvalue weighted by Crippen LogP contribution is -2.18. The van der Waals surface area contributed by atoms with Gasteiger partial charge in [0, 0.05) is 6.20 Å². The molecule has 0 aliphatic carbocycles. The summed E-state index contributed by atoms with van der Waals surface area (Å²) in [7, 11) is 1.47. The first-order chi connectivity index (χ1) is 11.8. The lowest BCUT2D eigenvalue weighted by molar-refractivity contribution is -0.136. The van der Waals surface area contributed by atoms with Gasteiger partial charge in [-0.15, -0.1) is 0 Å². The number of hydrogen-bond acceptors (Lipinski definition) is 3. The summed E-state index contributed by atoms with van der Waals surface area (Å²) in [6, 6.07) is 8.16. The largest absolute Gasteiger partial charge is 0.493 e. The molecule has 2 heterocycles. The summed E-state index contributed by atoms with van der Waals surface area (Å²) < 4.78 is 45.9. The van der Waals surface area contributed by atoms with E-state index in [2.05, 4.69) is 10.3 Å². The maximum absolute atomic E-state index is 13.1. The van der Waals surface area contributed by atoms with Gasteiger partial charge in [0.2, 0.25) is 0 Å². The topological polar surface area (TPSA) is 55.6 Å². The monoisotopic (exact) mass is 349 g/mol. The first-order valence-electron chi connectivity index (χ1n) is 7.32. The molecule has 1 N–H and O–H groups in total. The van der Waals surface area contributed by atoms with E-state index in [4.69, 9.17) is 4.74 Å². The second-order valence-electron chi connectivity index (χ2n) is 5.31. The number of anilines is 1. The Labute approximate surface area is 141 Å². The lowest BCUT2D eigenvalue weighted by Gasteiger charge is -2.13. The number of benzene rings is 1. The van der Waals surface area contributed by atoms with E-state index in [1.165, 1.54) is 29.7 Å². The molecule has 0 unspecified atom stereocenters. The van der Waals surface area contributed by atoms with Crippen molar-refractivity contribution >= 4 is 17.2 Å². The number of alkyl halides is 3. The third-order valence-electron chi connectivity index (χ3n) is 3.70. The van der Waals surface area contributed by atoms with Gasteiger partial charge in [-0.3, -0.25) is 9.20 Å². The van der Waals surface area contributed by atoms with Gasteiger partial charge in [-0.05, 0) is 31.2 Å².